The Morgan fingerprint density at radius 3 is 2.33 bits per heavy atom. The minimum atomic E-state index is -0.577. The van der Waals surface area contributed by atoms with Crippen LogP contribution in [0, 0.1) is 11.3 Å². The molecule has 0 spiro atoms. The van der Waals surface area contributed by atoms with Crippen molar-refractivity contribution < 1.29 is 19.0 Å². The highest BCUT2D eigenvalue weighted by Gasteiger charge is 2.11. The molecule has 0 fully saturated rings. The summed E-state index contributed by atoms with van der Waals surface area (Å²) in [7, 11) is 1.49. The van der Waals surface area contributed by atoms with Gasteiger partial charge in [0.25, 0.3) is 0 Å². The second kappa shape index (κ2) is 6.96. The number of carbonyl (C=O) groups is 1. The molecule has 0 bridgehead atoms. The van der Waals surface area contributed by atoms with Crippen molar-refractivity contribution in [1.82, 2.24) is 0 Å². The summed E-state index contributed by atoms with van der Waals surface area (Å²) in [6.45, 7) is -0.295. The van der Waals surface area contributed by atoms with E-state index in [2.05, 4.69) is 0 Å². The first kappa shape index (κ1) is 14.4. The molecule has 0 aliphatic heterocycles. The SMILES string of the molecule is COc1ccccc1OC(=O)COc1ccccc1C#N. The van der Waals surface area contributed by atoms with E-state index in [1.165, 1.54) is 7.11 Å². The maximum Gasteiger partial charge on any atom is 0.349 e. The molecule has 0 N–H and O–H groups in total. The van der Waals surface area contributed by atoms with Crippen LogP contribution >= 0.6 is 0 Å². The molecule has 0 saturated carbocycles. The number of hydrogen-bond donors (Lipinski definition) is 0. The minimum absolute atomic E-state index is 0.295. The van der Waals surface area contributed by atoms with E-state index in [0.717, 1.165) is 0 Å². The molecule has 5 heteroatoms. The van der Waals surface area contributed by atoms with E-state index in [9.17, 15) is 4.79 Å². The van der Waals surface area contributed by atoms with Gasteiger partial charge in [-0.3, -0.25) is 0 Å². The van der Waals surface area contributed by atoms with Gasteiger partial charge < -0.3 is 14.2 Å². The van der Waals surface area contributed by atoms with Crippen LogP contribution in [0.25, 0.3) is 0 Å². The topological polar surface area (TPSA) is 68.6 Å². The number of carbonyl (C=O) groups excluding carboxylic acids is 1. The van der Waals surface area contributed by atoms with E-state index in [1.807, 2.05) is 6.07 Å². The Labute approximate surface area is 122 Å². The van der Waals surface area contributed by atoms with E-state index in [-0.39, 0.29) is 6.61 Å². The predicted molar refractivity (Wildman–Crippen MR) is 75.3 cm³/mol. The van der Waals surface area contributed by atoms with Crippen molar-refractivity contribution in [2.24, 2.45) is 0 Å². The van der Waals surface area contributed by atoms with E-state index in [4.69, 9.17) is 19.5 Å². The van der Waals surface area contributed by atoms with Gasteiger partial charge in [0.2, 0.25) is 0 Å². The van der Waals surface area contributed by atoms with Gasteiger partial charge in [0.05, 0.1) is 12.7 Å². The van der Waals surface area contributed by atoms with E-state index in [1.54, 1.807) is 48.5 Å². The summed E-state index contributed by atoms with van der Waals surface area (Å²) in [6, 6.07) is 15.5. The van der Waals surface area contributed by atoms with Crippen molar-refractivity contribution in [3.63, 3.8) is 0 Å². The van der Waals surface area contributed by atoms with Crippen molar-refractivity contribution in [1.29, 1.82) is 5.26 Å². The van der Waals surface area contributed by atoms with Crippen LogP contribution in [0.1, 0.15) is 5.56 Å². The Hall–Kier alpha value is -3.00. The van der Waals surface area contributed by atoms with Crippen molar-refractivity contribution >= 4 is 5.97 Å². The molecule has 106 valence electrons. The zero-order valence-corrected chi connectivity index (χ0v) is 11.4. The van der Waals surface area contributed by atoms with Crippen molar-refractivity contribution in [2.75, 3.05) is 13.7 Å². The van der Waals surface area contributed by atoms with Crippen molar-refractivity contribution in [3.05, 3.63) is 54.1 Å². The van der Waals surface area contributed by atoms with Crippen LogP contribution < -0.4 is 14.2 Å². The highest BCUT2D eigenvalue weighted by atomic mass is 16.6. The molecule has 0 aliphatic carbocycles. The summed E-state index contributed by atoms with van der Waals surface area (Å²) in [6.07, 6.45) is 0. The lowest BCUT2D eigenvalue weighted by Gasteiger charge is -2.10. The highest BCUT2D eigenvalue weighted by molar-refractivity contribution is 5.74. The molecule has 0 radical (unpaired) electrons. The van der Waals surface area contributed by atoms with Crippen LogP contribution in [-0.2, 0) is 4.79 Å². The minimum Gasteiger partial charge on any atom is -0.493 e. The van der Waals surface area contributed by atoms with Gasteiger partial charge >= 0.3 is 5.97 Å². The fourth-order valence-corrected chi connectivity index (χ4v) is 1.68. The Bertz CT molecular complexity index is 676. The zero-order valence-electron chi connectivity index (χ0n) is 11.4. The number of nitrogens with zero attached hydrogens (tertiary/aromatic N) is 1. The van der Waals surface area contributed by atoms with E-state index in [0.29, 0.717) is 22.8 Å². The van der Waals surface area contributed by atoms with Gasteiger partial charge in [0.15, 0.2) is 18.1 Å². The van der Waals surface area contributed by atoms with Gasteiger partial charge in [-0.25, -0.2) is 4.79 Å². The first-order valence-electron chi connectivity index (χ1n) is 6.20. The second-order valence-corrected chi connectivity index (χ2v) is 4.02. The molecule has 21 heavy (non-hydrogen) atoms. The average molecular weight is 283 g/mol. The van der Waals surface area contributed by atoms with Crippen LogP contribution in [0.2, 0.25) is 0 Å². The van der Waals surface area contributed by atoms with Gasteiger partial charge in [0, 0.05) is 0 Å². The van der Waals surface area contributed by atoms with Crippen molar-refractivity contribution in [2.45, 2.75) is 0 Å². The molecule has 0 aliphatic rings. The molecule has 0 saturated heterocycles. The predicted octanol–water partition coefficient (Wildman–Crippen LogP) is 2.55. The molecular weight excluding hydrogens is 270 g/mol. The Morgan fingerprint density at radius 2 is 1.67 bits per heavy atom. The summed E-state index contributed by atoms with van der Waals surface area (Å²) in [5.74, 6) is 0.551. The Morgan fingerprint density at radius 1 is 1.05 bits per heavy atom. The van der Waals surface area contributed by atoms with Crippen LogP contribution in [-0.4, -0.2) is 19.7 Å². The van der Waals surface area contributed by atoms with Crippen LogP contribution in [0.4, 0.5) is 0 Å². The van der Waals surface area contributed by atoms with Gasteiger partial charge in [0.1, 0.15) is 11.8 Å². The zero-order chi connectivity index (χ0) is 15.1. The maximum absolute atomic E-state index is 11.8. The maximum atomic E-state index is 11.8. The summed E-state index contributed by atoms with van der Waals surface area (Å²) in [4.78, 5) is 11.8. The number of methoxy groups -OCH3 is 1. The first-order valence-corrected chi connectivity index (χ1v) is 6.20. The standard InChI is InChI=1S/C16H13NO4/c1-19-14-8-4-5-9-15(14)21-16(18)11-20-13-7-3-2-6-12(13)10-17/h2-9H,11H2,1H3. The van der Waals surface area contributed by atoms with Crippen LogP contribution in [0.15, 0.2) is 48.5 Å². The van der Waals surface area contributed by atoms with Crippen molar-refractivity contribution in [3.8, 4) is 23.3 Å². The molecular formula is C16H13NO4. The van der Waals surface area contributed by atoms with E-state index >= 15 is 0 Å². The number of hydrogen-bond acceptors (Lipinski definition) is 5. The smallest absolute Gasteiger partial charge is 0.349 e. The lowest BCUT2D eigenvalue weighted by atomic mass is 10.2. The van der Waals surface area contributed by atoms with Gasteiger partial charge in [-0.2, -0.15) is 5.26 Å². The fourth-order valence-electron chi connectivity index (χ4n) is 1.68. The van der Waals surface area contributed by atoms with Gasteiger partial charge in [-0.1, -0.05) is 24.3 Å². The summed E-state index contributed by atoms with van der Waals surface area (Å²) < 4.78 is 15.5. The highest BCUT2D eigenvalue weighted by Crippen LogP contribution is 2.26. The number of nitriles is 1. The van der Waals surface area contributed by atoms with Crippen LogP contribution in [0.3, 0.4) is 0 Å². The molecule has 2 rings (SSSR count). The van der Waals surface area contributed by atoms with E-state index < -0.39 is 5.97 Å². The number of para-hydroxylation sites is 3. The Balaban J connectivity index is 1.98. The second-order valence-electron chi connectivity index (χ2n) is 4.02. The van der Waals surface area contributed by atoms with Crippen LogP contribution in [0.5, 0.6) is 17.2 Å². The van der Waals surface area contributed by atoms with Gasteiger partial charge in [-0.05, 0) is 24.3 Å². The molecule has 0 atom stereocenters. The average Bonchev–Trinajstić information content (AvgIpc) is 2.53. The molecule has 0 aromatic heterocycles. The molecule has 0 heterocycles. The molecule has 0 unspecified atom stereocenters. The monoisotopic (exact) mass is 283 g/mol. The summed E-state index contributed by atoms with van der Waals surface area (Å²) in [5, 5.41) is 8.92. The number of rotatable bonds is 5. The number of esters is 1. The fraction of sp³-hybridized carbons (Fsp3) is 0.125. The third kappa shape index (κ3) is 3.74. The lowest BCUT2D eigenvalue weighted by molar-refractivity contribution is -0.136. The largest absolute Gasteiger partial charge is 0.493 e. The lowest BCUT2D eigenvalue weighted by Crippen LogP contribution is -2.18. The third-order valence-electron chi connectivity index (χ3n) is 2.65. The molecule has 2 aromatic rings. The Kier molecular flexibility index (Phi) is 4.78. The quantitative estimate of drug-likeness (QED) is 0.623. The number of ether oxygens (including phenoxy) is 3. The third-order valence-corrected chi connectivity index (χ3v) is 2.65. The summed E-state index contributed by atoms with van der Waals surface area (Å²) in [5.41, 5.74) is 0.364. The summed E-state index contributed by atoms with van der Waals surface area (Å²) >= 11 is 0. The molecule has 5 nitrogen and oxygen atoms in total. The normalized spacial score (nSPS) is 9.52. The first-order chi connectivity index (χ1) is 10.2. The molecule has 2 aromatic carbocycles. The number of benzene rings is 2. The molecule has 0 amide bonds. The van der Waals surface area contributed by atoms with Gasteiger partial charge in [-0.15, -0.1) is 0 Å².